The number of hydrogen-bond acceptors (Lipinski definition) is 6. The van der Waals surface area contributed by atoms with E-state index >= 15 is 0 Å². The first-order valence-electron chi connectivity index (χ1n) is 7.59. The second-order valence-electron chi connectivity index (χ2n) is 5.51. The third-order valence-corrected chi connectivity index (χ3v) is 4.64. The number of carbonyl (C=O) groups is 2. The summed E-state index contributed by atoms with van der Waals surface area (Å²) in [5.74, 6) is -0.550. The van der Waals surface area contributed by atoms with E-state index in [0.717, 1.165) is 5.13 Å². The molecule has 0 spiro atoms. The molecule has 1 saturated heterocycles. The van der Waals surface area contributed by atoms with E-state index in [9.17, 15) is 14.7 Å². The van der Waals surface area contributed by atoms with Crippen LogP contribution in [-0.4, -0.2) is 53.0 Å². The molecule has 0 aliphatic carbocycles. The number of hydrogen-bond donors (Lipinski definition) is 2. The van der Waals surface area contributed by atoms with E-state index in [4.69, 9.17) is 0 Å². The highest BCUT2D eigenvalue weighted by molar-refractivity contribution is 7.13. The molecule has 1 aromatic heterocycles. The normalized spacial score (nSPS) is 14.5. The standard InChI is InChI=1S/C16H18N4O3S/c1-11(21)18-12-2-3-14(22)13(10-12)15(23)19-5-7-20(8-6-19)16-17-4-9-24-16/h2-4,9-10,22H,5-8H2,1H3,(H,18,21). The molecule has 0 saturated carbocycles. The summed E-state index contributed by atoms with van der Waals surface area (Å²) in [6.07, 6.45) is 1.77. The van der Waals surface area contributed by atoms with Gasteiger partial charge in [-0.2, -0.15) is 0 Å². The highest BCUT2D eigenvalue weighted by Crippen LogP contribution is 2.25. The van der Waals surface area contributed by atoms with E-state index in [1.807, 2.05) is 5.38 Å². The minimum absolute atomic E-state index is 0.0866. The van der Waals surface area contributed by atoms with Crippen LogP contribution in [0.15, 0.2) is 29.8 Å². The molecule has 2 heterocycles. The number of carbonyl (C=O) groups excluding carboxylic acids is 2. The zero-order valence-corrected chi connectivity index (χ0v) is 14.0. The zero-order valence-electron chi connectivity index (χ0n) is 13.2. The Balaban J connectivity index is 1.70. The van der Waals surface area contributed by atoms with Gasteiger partial charge in [0.1, 0.15) is 5.75 Å². The summed E-state index contributed by atoms with van der Waals surface area (Å²) < 4.78 is 0. The van der Waals surface area contributed by atoms with Crippen LogP contribution in [0.5, 0.6) is 5.75 Å². The number of nitrogens with one attached hydrogen (secondary N) is 1. The molecule has 0 unspecified atom stereocenters. The fourth-order valence-corrected chi connectivity index (χ4v) is 3.33. The van der Waals surface area contributed by atoms with Gasteiger partial charge in [-0.1, -0.05) is 0 Å². The molecule has 8 heteroatoms. The number of benzene rings is 1. The van der Waals surface area contributed by atoms with Crippen LogP contribution >= 0.6 is 11.3 Å². The van der Waals surface area contributed by atoms with Crippen molar-refractivity contribution in [2.24, 2.45) is 0 Å². The minimum Gasteiger partial charge on any atom is -0.507 e. The number of anilines is 2. The first-order valence-corrected chi connectivity index (χ1v) is 8.47. The number of aromatic hydroxyl groups is 1. The second kappa shape index (κ2) is 6.88. The molecule has 2 aromatic rings. The Morgan fingerprint density at radius 3 is 2.62 bits per heavy atom. The lowest BCUT2D eigenvalue weighted by Crippen LogP contribution is -2.48. The Hall–Kier alpha value is -2.61. The molecule has 7 nitrogen and oxygen atoms in total. The van der Waals surface area contributed by atoms with Gasteiger partial charge in [0, 0.05) is 50.4 Å². The summed E-state index contributed by atoms with van der Waals surface area (Å²) in [4.78, 5) is 32.0. The van der Waals surface area contributed by atoms with Crippen molar-refractivity contribution in [1.29, 1.82) is 0 Å². The van der Waals surface area contributed by atoms with Gasteiger partial charge in [0.15, 0.2) is 5.13 Å². The molecular weight excluding hydrogens is 328 g/mol. The SMILES string of the molecule is CC(=O)Nc1ccc(O)c(C(=O)N2CCN(c3nccs3)CC2)c1. The number of amides is 2. The lowest BCUT2D eigenvalue weighted by atomic mass is 10.1. The van der Waals surface area contributed by atoms with Gasteiger partial charge in [0.05, 0.1) is 5.56 Å². The maximum atomic E-state index is 12.7. The van der Waals surface area contributed by atoms with Crippen molar-refractivity contribution < 1.29 is 14.7 Å². The molecule has 0 atom stereocenters. The van der Waals surface area contributed by atoms with E-state index in [2.05, 4.69) is 15.2 Å². The summed E-state index contributed by atoms with van der Waals surface area (Å²) in [6.45, 7) is 3.91. The van der Waals surface area contributed by atoms with Crippen LogP contribution in [-0.2, 0) is 4.79 Å². The number of piperazine rings is 1. The molecular formula is C16H18N4O3S. The van der Waals surface area contributed by atoms with Gasteiger partial charge in [-0.3, -0.25) is 9.59 Å². The van der Waals surface area contributed by atoms with E-state index in [1.165, 1.54) is 19.1 Å². The van der Waals surface area contributed by atoms with Crippen molar-refractivity contribution in [2.75, 3.05) is 36.4 Å². The molecule has 1 aliphatic heterocycles. The predicted octanol–water partition coefficient (Wildman–Crippen LogP) is 1.77. The lowest BCUT2D eigenvalue weighted by molar-refractivity contribution is -0.114. The molecule has 1 aliphatic rings. The van der Waals surface area contributed by atoms with E-state index < -0.39 is 0 Å². The molecule has 1 aromatic carbocycles. The summed E-state index contributed by atoms with van der Waals surface area (Å²) in [5, 5.41) is 15.5. The van der Waals surface area contributed by atoms with Crippen molar-refractivity contribution in [1.82, 2.24) is 9.88 Å². The number of nitrogens with zero attached hydrogens (tertiary/aromatic N) is 3. The predicted molar refractivity (Wildman–Crippen MR) is 92.6 cm³/mol. The van der Waals surface area contributed by atoms with Gasteiger partial charge in [-0.05, 0) is 18.2 Å². The third kappa shape index (κ3) is 3.48. The van der Waals surface area contributed by atoms with Crippen LogP contribution in [0, 0.1) is 0 Å². The van der Waals surface area contributed by atoms with Crippen LogP contribution in [0.4, 0.5) is 10.8 Å². The Kier molecular flexibility index (Phi) is 4.66. The summed E-state index contributed by atoms with van der Waals surface area (Å²) in [6, 6.07) is 4.49. The largest absolute Gasteiger partial charge is 0.507 e. The zero-order chi connectivity index (χ0) is 17.1. The van der Waals surface area contributed by atoms with Crippen molar-refractivity contribution in [3.63, 3.8) is 0 Å². The average Bonchev–Trinajstić information content (AvgIpc) is 3.10. The van der Waals surface area contributed by atoms with Crippen LogP contribution in [0.1, 0.15) is 17.3 Å². The Labute approximate surface area is 143 Å². The minimum atomic E-state index is -0.238. The molecule has 2 amide bonds. The molecule has 24 heavy (non-hydrogen) atoms. The van der Waals surface area contributed by atoms with Crippen molar-refractivity contribution in [2.45, 2.75) is 6.92 Å². The lowest BCUT2D eigenvalue weighted by Gasteiger charge is -2.34. The monoisotopic (exact) mass is 346 g/mol. The van der Waals surface area contributed by atoms with Crippen LogP contribution in [0.2, 0.25) is 0 Å². The third-order valence-electron chi connectivity index (χ3n) is 3.80. The first kappa shape index (κ1) is 16.3. The molecule has 0 bridgehead atoms. The van der Waals surface area contributed by atoms with Gasteiger partial charge >= 0.3 is 0 Å². The first-order chi connectivity index (χ1) is 11.5. The molecule has 126 valence electrons. The van der Waals surface area contributed by atoms with Crippen LogP contribution in [0.3, 0.4) is 0 Å². The fourth-order valence-electron chi connectivity index (χ4n) is 2.63. The highest BCUT2D eigenvalue weighted by atomic mass is 32.1. The number of thiazole rings is 1. The Bertz CT molecular complexity index is 740. The van der Waals surface area contributed by atoms with E-state index in [0.29, 0.717) is 31.9 Å². The van der Waals surface area contributed by atoms with E-state index in [1.54, 1.807) is 28.5 Å². The number of phenolic OH excluding ortho intramolecular Hbond substituents is 1. The number of aromatic nitrogens is 1. The Morgan fingerprint density at radius 2 is 2.00 bits per heavy atom. The molecule has 3 rings (SSSR count). The quantitative estimate of drug-likeness (QED) is 0.827. The van der Waals surface area contributed by atoms with Gasteiger partial charge in [-0.15, -0.1) is 11.3 Å². The summed E-state index contributed by atoms with van der Waals surface area (Å²) >= 11 is 1.58. The van der Waals surface area contributed by atoms with Gasteiger partial charge < -0.3 is 20.2 Å². The van der Waals surface area contributed by atoms with Gasteiger partial charge in [-0.25, -0.2) is 4.98 Å². The summed E-state index contributed by atoms with van der Waals surface area (Å²) in [5.41, 5.74) is 0.689. The topological polar surface area (TPSA) is 85.8 Å². The highest BCUT2D eigenvalue weighted by Gasteiger charge is 2.25. The maximum absolute atomic E-state index is 12.7. The van der Waals surface area contributed by atoms with E-state index in [-0.39, 0.29) is 23.1 Å². The van der Waals surface area contributed by atoms with Gasteiger partial charge in [0.2, 0.25) is 5.91 Å². The van der Waals surface area contributed by atoms with Crippen LogP contribution in [0.25, 0.3) is 0 Å². The number of phenols is 1. The van der Waals surface area contributed by atoms with Crippen LogP contribution < -0.4 is 10.2 Å². The number of rotatable bonds is 3. The molecule has 1 fully saturated rings. The average molecular weight is 346 g/mol. The van der Waals surface area contributed by atoms with Crippen molar-refractivity contribution in [3.8, 4) is 5.75 Å². The second-order valence-corrected chi connectivity index (χ2v) is 6.38. The maximum Gasteiger partial charge on any atom is 0.257 e. The smallest absolute Gasteiger partial charge is 0.257 e. The molecule has 0 radical (unpaired) electrons. The molecule has 2 N–H and O–H groups in total. The Morgan fingerprint density at radius 1 is 1.25 bits per heavy atom. The van der Waals surface area contributed by atoms with Crippen molar-refractivity contribution >= 4 is 34.0 Å². The fraction of sp³-hybridized carbons (Fsp3) is 0.312. The van der Waals surface area contributed by atoms with Crippen molar-refractivity contribution in [3.05, 3.63) is 35.3 Å². The summed E-state index contributed by atoms with van der Waals surface area (Å²) in [7, 11) is 0. The van der Waals surface area contributed by atoms with Gasteiger partial charge in [0.25, 0.3) is 5.91 Å².